The summed E-state index contributed by atoms with van der Waals surface area (Å²) in [5, 5.41) is 4.14. The molecule has 2 rings (SSSR count). The van der Waals surface area contributed by atoms with Crippen molar-refractivity contribution in [2.24, 2.45) is 0 Å². The summed E-state index contributed by atoms with van der Waals surface area (Å²) in [5.41, 5.74) is 0.505. The maximum Gasteiger partial charge on any atom is 0.288 e. The van der Waals surface area contributed by atoms with Gasteiger partial charge >= 0.3 is 0 Å². The molecule has 0 aromatic carbocycles. The number of fused-ring (bicyclic) bond motifs is 1. The van der Waals surface area contributed by atoms with E-state index in [0.29, 0.717) is 13.4 Å². The zero-order valence-electron chi connectivity index (χ0n) is 6.41. The molecular formula is C6H3Br2N3OS. The van der Waals surface area contributed by atoms with Crippen molar-refractivity contribution in [1.29, 1.82) is 0 Å². The fourth-order valence-electron chi connectivity index (χ4n) is 0.933. The fraction of sp³-hybridized carbons (Fsp3) is 0.167. The molecule has 7 heteroatoms. The number of hydrogen-bond acceptors (Lipinski definition) is 4. The number of rotatable bonds is 0. The summed E-state index contributed by atoms with van der Waals surface area (Å²) in [7, 11) is 0. The van der Waals surface area contributed by atoms with Crippen molar-refractivity contribution >= 4 is 48.2 Å². The van der Waals surface area contributed by atoms with E-state index < -0.39 is 0 Å². The van der Waals surface area contributed by atoms with E-state index in [1.807, 2.05) is 6.92 Å². The average molecular weight is 325 g/mol. The van der Waals surface area contributed by atoms with Gasteiger partial charge < -0.3 is 0 Å². The molecule has 0 bridgehead atoms. The summed E-state index contributed by atoms with van der Waals surface area (Å²) in [4.78, 5) is 15.7. The third-order valence-corrected chi connectivity index (χ3v) is 3.81. The van der Waals surface area contributed by atoms with E-state index in [1.165, 1.54) is 11.3 Å². The monoisotopic (exact) mass is 323 g/mol. The van der Waals surface area contributed by atoms with Gasteiger partial charge in [0.15, 0.2) is 3.92 Å². The molecule has 0 saturated carbocycles. The Bertz CT molecular complexity index is 532. The number of nitrogens with zero attached hydrogens (tertiary/aromatic N) is 3. The van der Waals surface area contributed by atoms with Crippen molar-refractivity contribution in [2.45, 2.75) is 6.92 Å². The Kier molecular flexibility index (Phi) is 2.25. The minimum atomic E-state index is -0.256. The van der Waals surface area contributed by atoms with Crippen LogP contribution in [0.4, 0.5) is 0 Å². The first-order valence-electron chi connectivity index (χ1n) is 3.31. The van der Waals surface area contributed by atoms with Crippen LogP contribution in [0.3, 0.4) is 0 Å². The highest BCUT2D eigenvalue weighted by atomic mass is 79.9. The van der Waals surface area contributed by atoms with Gasteiger partial charge in [-0.05, 0) is 38.8 Å². The fourth-order valence-corrected chi connectivity index (χ4v) is 2.45. The van der Waals surface area contributed by atoms with E-state index in [0.717, 1.165) is 5.69 Å². The summed E-state index contributed by atoms with van der Waals surface area (Å²) in [5.74, 6) is 0. The molecule has 0 unspecified atom stereocenters. The topological polar surface area (TPSA) is 47.3 Å². The number of aryl methyl sites for hydroxylation is 1. The molecule has 0 atom stereocenters. The normalized spacial score (nSPS) is 11.0. The third-order valence-electron chi connectivity index (χ3n) is 1.56. The van der Waals surface area contributed by atoms with Crippen LogP contribution in [-0.4, -0.2) is 14.6 Å². The summed E-state index contributed by atoms with van der Waals surface area (Å²) < 4.78 is 2.80. The van der Waals surface area contributed by atoms with E-state index >= 15 is 0 Å². The van der Waals surface area contributed by atoms with E-state index in [9.17, 15) is 4.79 Å². The van der Waals surface area contributed by atoms with Gasteiger partial charge in [0.25, 0.3) is 5.56 Å². The predicted molar refractivity (Wildman–Crippen MR) is 57.3 cm³/mol. The molecule has 0 saturated heterocycles. The zero-order chi connectivity index (χ0) is 9.59. The Labute approximate surface area is 93.9 Å². The third kappa shape index (κ3) is 1.44. The molecule has 0 spiro atoms. The summed E-state index contributed by atoms with van der Waals surface area (Å²) in [6.45, 7) is 1.81. The first-order valence-corrected chi connectivity index (χ1v) is 5.71. The van der Waals surface area contributed by atoms with Crippen LogP contribution in [0.25, 0.3) is 4.96 Å². The van der Waals surface area contributed by atoms with Crippen LogP contribution >= 0.6 is 43.2 Å². The van der Waals surface area contributed by atoms with Gasteiger partial charge in [-0.1, -0.05) is 11.3 Å². The molecule has 0 aliphatic heterocycles. The Morgan fingerprint density at radius 2 is 2.15 bits per heavy atom. The highest BCUT2D eigenvalue weighted by Gasteiger charge is 2.09. The van der Waals surface area contributed by atoms with Crippen molar-refractivity contribution in [3.63, 3.8) is 0 Å². The van der Waals surface area contributed by atoms with Crippen LogP contribution in [-0.2, 0) is 0 Å². The van der Waals surface area contributed by atoms with Gasteiger partial charge in [0, 0.05) is 0 Å². The van der Waals surface area contributed by atoms with Crippen molar-refractivity contribution in [3.05, 3.63) is 24.4 Å². The molecule has 2 heterocycles. The highest BCUT2D eigenvalue weighted by Crippen LogP contribution is 2.20. The number of halogens is 2. The van der Waals surface area contributed by atoms with Gasteiger partial charge in [-0.15, -0.1) is 5.10 Å². The van der Waals surface area contributed by atoms with Crippen molar-refractivity contribution in [2.75, 3.05) is 0 Å². The molecule has 0 fully saturated rings. The van der Waals surface area contributed by atoms with Crippen molar-refractivity contribution < 1.29 is 0 Å². The summed E-state index contributed by atoms with van der Waals surface area (Å²) in [6.07, 6.45) is 0. The van der Waals surface area contributed by atoms with Crippen LogP contribution < -0.4 is 5.56 Å². The molecule has 0 N–H and O–H groups in total. The van der Waals surface area contributed by atoms with Crippen LogP contribution in [0.15, 0.2) is 13.2 Å². The molecule has 0 aliphatic carbocycles. The lowest BCUT2D eigenvalue weighted by molar-refractivity contribution is 0.869. The summed E-state index contributed by atoms with van der Waals surface area (Å²) >= 11 is 7.73. The minimum absolute atomic E-state index is 0.256. The molecule has 68 valence electrons. The van der Waals surface area contributed by atoms with Crippen molar-refractivity contribution in [1.82, 2.24) is 14.6 Å². The van der Waals surface area contributed by atoms with E-state index in [1.54, 1.807) is 4.52 Å². The largest absolute Gasteiger partial charge is 0.288 e. The molecule has 0 radical (unpaired) electrons. The smallest absolute Gasteiger partial charge is 0.266 e. The molecule has 0 aliphatic rings. The second-order valence-corrected chi connectivity index (χ2v) is 5.39. The van der Waals surface area contributed by atoms with Gasteiger partial charge in [0.05, 0.1) is 5.69 Å². The quantitative estimate of drug-likeness (QED) is 0.744. The van der Waals surface area contributed by atoms with E-state index in [4.69, 9.17) is 0 Å². The van der Waals surface area contributed by atoms with Gasteiger partial charge in [-0.25, -0.2) is 4.52 Å². The van der Waals surface area contributed by atoms with E-state index in [2.05, 4.69) is 41.9 Å². The molecule has 13 heavy (non-hydrogen) atoms. The maximum absolute atomic E-state index is 11.3. The van der Waals surface area contributed by atoms with Gasteiger partial charge in [0.2, 0.25) is 4.96 Å². The summed E-state index contributed by atoms with van der Waals surface area (Å²) in [6, 6.07) is 0. The molecule has 4 nitrogen and oxygen atoms in total. The lowest BCUT2D eigenvalue weighted by Gasteiger charge is -1.97. The standard InChI is InChI=1S/C6H3Br2N3OS/c1-2-3(7)4(12)9-6-11(2)10-5(8)13-6/h1H3. The van der Waals surface area contributed by atoms with Gasteiger partial charge in [0.1, 0.15) is 4.47 Å². The van der Waals surface area contributed by atoms with Crippen LogP contribution in [0.5, 0.6) is 0 Å². The minimum Gasteiger partial charge on any atom is -0.266 e. The lowest BCUT2D eigenvalue weighted by atomic mass is 10.4. The Hall–Kier alpha value is -0.270. The molecule has 2 aromatic heterocycles. The van der Waals surface area contributed by atoms with E-state index in [-0.39, 0.29) is 5.56 Å². The molecule has 2 aromatic rings. The average Bonchev–Trinajstić information content (AvgIpc) is 2.42. The Balaban J connectivity index is 3.01. The zero-order valence-corrected chi connectivity index (χ0v) is 10.4. The van der Waals surface area contributed by atoms with Crippen LogP contribution in [0.2, 0.25) is 0 Å². The first-order chi connectivity index (χ1) is 6.09. The van der Waals surface area contributed by atoms with Crippen LogP contribution in [0, 0.1) is 6.92 Å². The highest BCUT2D eigenvalue weighted by molar-refractivity contribution is 9.11. The molecular weight excluding hydrogens is 322 g/mol. The van der Waals surface area contributed by atoms with Gasteiger partial charge in [-0.3, -0.25) is 4.79 Å². The predicted octanol–water partition coefficient (Wildman–Crippen LogP) is 1.98. The lowest BCUT2D eigenvalue weighted by Crippen LogP contribution is -2.12. The maximum atomic E-state index is 11.3. The van der Waals surface area contributed by atoms with Crippen LogP contribution in [0.1, 0.15) is 5.69 Å². The second-order valence-electron chi connectivity index (χ2n) is 2.37. The van der Waals surface area contributed by atoms with Gasteiger partial charge in [-0.2, -0.15) is 4.98 Å². The molecule has 0 amide bonds. The Morgan fingerprint density at radius 3 is 2.85 bits per heavy atom. The van der Waals surface area contributed by atoms with Crippen molar-refractivity contribution in [3.8, 4) is 0 Å². The number of hydrogen-bond donors (Lipinski definition) is 0. The SMILES string of the molecule is Cc1c(Br)c(=O)nc2sc(Br)nn12. The second kappa shape index (κ2) is 3.14. The Morgan fingerprint density at radius 1 is 1.46 bits per heavy atom. The number of aromatic nitrogens is 3. The first kappa shape index (κ1) is 9.29.